The van der Waals surface area contributed by atoms with E-state index in [9.17, 15) is 9.59 Å². The number of esters is 1. The number of benzene rings is 1. The van der Waals surface area contributed by atoms with Gasteiger partial charge in [-0.05, 0) is 37.1 Å². The molecule has 0 aliphatic heterocycles. The van der Waals surface area contributed by atoms with Crippen LogP contribution < -0.4 is 5.32 Å². The molecule has 1 aromatic carbocycles. The highest BCUT2D eigenvalue weighted by atomic mass is 79.9. The molecule has 122 valence electrons. The van der Waals surface area contributed by atoms with Crippen molar-refractivity contribution in [1.29, 1.82) is 0 Å². The smallest absolute Gasteiger partial charge is 0.349 e. The van der Waals surface area contributed by atoms with E-state index in [4.69, 9.17) is 0 Å². The quantitative estimate of drug-likeness (QED) is 0.590. The Morgan fingerprint density at radius 1 is 1.35 bits per heavy atom. The van der Waals surface area contributed by atoms with E-state index < -0.39 is 5.97 Å². The van der Waals surface area contributed by atoms with E-state index in [-0.39, 0.29) is 11.7 Å². The second kappa shape index (κ2) is 7.94. The molecule has 23 heavy (non-hydrogen) atoms. The first-order valence-corrected chi connectivity index (χ1v) is 9.23. The van der Waals surface area contributed by atoms with Crippen LogP contribution in [0.4, 0.5) is 5.13 Å². The SMILES string of the molecule is COC(=O)c1cnc(NC(=O)CSc2cc(C)c(Br)cc2C)s1. The van der Waals surface area contributed by atoms with Crippen molar-refractivity contribution in [2.75, 3.05) is 18.2 Å². The number of amides is 1. The van der Waals surface area contributed by atoms with Gasteiger partial charge in [0.2, 0.25) is 5.91 Å². The van der Waals surface area contributed by atoms with Gasteiger partial charge >= 0.3 is 5.97 Å². The lowest BCUT2D eigenvalue weighted by Gasteiger charge is -2.08. The molecule has 8 heteroatoms. The number of methoxy groups -OCH3 is 1. The summed E-state index contributed by atoms with van der Waals surface area (Å²) < 4.78 is 5.66. The lowest BCUT2D eigenvalue weighted by molar-refractivity contribution is -0.113. The van der Waals surface area contributed by atoms with E-state index in [1.165, 1.54) is 25.1 Å². The second-order valence-corrected chi connectivity index (χ2v) is 7.63. The van der Waals surface area contributed by atoms with Crippen LogP contribution in [-0.2, 0) is 9.53 Å². The van der Waals surface area contributed by atoms with E-state index in [1.807, 2.05) is 19.9 Å². The maximum atomic E-state index is 12.0. The van der Waals surface area contributed by atoms with Gasteiger partial charge in [0, 0.05) is 9.37 Å². The molecule has 0 unspecified atom stereocenters. The summed E-state index contributed by atoms with van der Waals surface area (Å²) >= 11 is 6.05. The molecule has 1 aromatic heterocycles. The van der Waals surface area contributed by atoms with Crippen molar-refractivity contribution in [2.24, 2.45) is 0 Å². The van der Waals surface area contributed by atoms with Gasteiger partial charge in [-0.25, -0.2) is 9.78 Å². The summed E-state index contributed by atoms with van der Waals surface area (Å²) in [6.07, 6.45) is 1.39. The molecule has 0 spiro atoms. The van der Waals surface area contributed by atoms with Gasteiger partial charge in [-0.1, -0.05) is 27.3 Å². The number of carbonyl (C=O) groups is 2. The van der Waals surface area contributed by atoms with Crippen molar-refractivity contribution in [2.45, 2.75) is 18.7 Å². The highest BCUT2D eigenvalue weighted by Crippen LogP contribution is 2.28. The minimum atomic E-state index is -0.460. The topological polar surface area (TPSA) is 68.3 Å². The monoisotopic (exact) mass is 414 g/mol. The summed E-state index contributed by atoms with van der Waals surface area (Å²) in [4.78, 5) is 28.8. The highest BCUT2D eigenvalue weighted by Gasteiger charge is 2.13. The predicted molar refractivity (Wildman–Crippen MR) is 96.4 cm³/mol. The van der Waals surface area contributed by atoms with Crippen LogP contribution in [0.25, 0.3) is 0 Å². The molecule has 5 nitrogen and oxygen atoms in total. The zero-order valence-corrected chi connectivity index (χ0v) is 16.0. The fourth-order valence-corrected chi connectivity index (χ4v) is 3.85. The van der Waals surface area contributed by atoms with E-state index in [0.29, 0.717) is 10.0 Å². The van der Waals surface area contributed by atoms with Gasteiger partial charge in [0.05, 0.1) is 19.1 Å². The second-order valence-electron chi connectivity index (χ2n) is 4.72. The van der Waals surface area contributed by atoms with Crippen LogP contribution in [0.1, 0.15) is 20.8 Å². The number of hydrogen-bond donors (Lipinski definition) is 1. The number of nitrogens with zero attached hydrogens (tertiary/aromatic N) is 1. The lowest BCUT2D eigenvalue weighted by Crippen LogP contribution is -2.13. The van der Waals surface area contributed by atoms with Crippen LogP contribution in [0.3, 0.4) is 0 Å². The van der Waals surface area contributed by atoms with E-state index in [0.717, 1.165) is 31.8 Å². The summed E-state index contributed by atoms with van der Waals surface area (Å²) in [6, 6.07) is 4.09. The minimum Gasteiger partial charge on any atom is -0.465 e. The van der Waals surface area contributed by atoms with Gasteiger partial charge < -0.3 is 10.1 Å². The summed E-state index contributed by atoms with van der Waals surface area (Å²) in [5.74, 6) is -0.353. The van der Waals surface area contributed by atoms with Crippen molar-refractivity contribution in [3.63, 3.8) is 0 Å². The first kappa shape index (κ1) is 18.0. The zero-order chi connectivity index (χ0) is 17.0. The Balaban J connectivity index is 1.94. The fourth-order valence-electron chi connectivity index (χ4n) is 1.74. The Morgan fingerprint density at radius 2 is 2.09 bits per heavy atom. The van der Waals surface area contributed by atoms with Gasteiger partial charge in [0.25, 0.3) is 0 Å². The predicted octanol–water partition coefficient (Wildman–Crippen LogP) is 4.04. The number of ether oxygens (including phenoxy) is 1. The number of aryl methyl sites for hydroxylation is 2. The average molecular weight is 415 g/mol. The highest BCUT2D eigenvalue weighted by molar-refractivity contribution is 9.10. The van der Waals surface area contributed by atoms with Crippen molar-refractivity contribution >= 4 is 56.0 Å². The number of thioether (sulfide) groups is 1. The molecular weight excluding hydrogens is 400 g/mol. The number of halogens is 1. The normalized spacial score (nSPS) is 10.4. The lowest BCUT2D eigenvalue weighted by atomic mass is 10.2. The van der Waals surface area contributed by atoms with Gasteiger partial charge in [0.15, 0.2) is 5.13 Å². The molecule has 1 N–H and O–H groups in total. The Hall–Kier alpha value is -1.38. The first-order chi connectivity index (χ1) is 10.9. The van der Waals surface area contributed by atoms with Gasteiger partial charge in [-0.2, -0.15) is 0 Å². The van der Waals surface area contributed by atoms with Crippen molar-refractivity contribution < 1.29 is 14.3 Å². The Kier molecular flexibility index (Phi) is 6.20. The fraction of sp³-hybridized carbons (Fsp3) is 0.267. The molecular formula is C15H15BrN2O3S2. The number of aromatic nitrogens is 1. The van der Waals surface area contributed by atoms with Crippen LogP contribution in [0.5, 0.6) is 0 Å². The van der Waals surface area contributed by atoms with Crippen LogP contribution in [0.15, 0.2) is 27.7 Å². The molecule has 0 saturated carbocycles. The number of carbonyl (C=O) groups excluding carboxylic acids is 2. The molecule has 1 amide bonds. The molecule has 0 saturated heterocycles. The molecule has 2 aromatic rings. The number of nitrogens with one attached hydrogen (secondary N) is 1. The van der Waals surface area contributed by atoms with Crippen LogP contribution in [0.2, 0.25) is 0 Å². The van der Waals surface area contributed by atoms with Gasteiger partial charge in [-0.15, -0.1) is 11.8 Å². The summed E-state index contributed by atoms with van der Waals surface area (Å²) in [5, 5.41) is 3.08. The van der Waals surface area contributed by atoms with E-state index >= 15 is 0 Å². The molecule has 0 bridgehead atoms. The molecule has 2 rings (SSSR count). The first-order valence-electron chi connectivity index (χ1n) is 6.64. The third-order valence-corrected chi connectivity index (χ3v) is 5.86. The van der Waals surface area contributed by atoms with Gasteiger partial charge in [0.1, 0.15) is 4.88 Å². The molecule has 0 aliphatic carbocycles. The zero-order valence-electron chi connectivity index (χ0n) is 12.8. The molecule has 0 fully saturated rings. The van der Waals surface area contributed by atoms with Crippen molar-refractivity contribution in [1.82, 2.24) is 4.98 Å². The van der Waals surface area contributed by atoms with Crippen molar-refractivity contribution in [3.8, 4) is 0 Å². The minimum absolute atomic E-state index is 0.166. The standard InChI is InChI=1S/C15H15BrN2O3S2/c1-8-5-11(9(2)4-10(8)16)22-7-13(19)18-15-17-6-12(23-15)14(20)21-3/h4-6H,7H2,1-3H3,(H,17,18,19). The maximum Gasteiger partial charge on any atom is 0.349 e. The van der Waals surface area contributed by atoms with Gasteiger partial charge in [-0.3, -0.25) is 4.79 Å². The van der Waals surface area contributed by atoms with Crippen LogP contribution in [0, 0.1) is 13.8 Å². The summed E-state index contributed by atoms with van der Waals surface area (Å²) in [5.41, 5.74) is 2.24. The van der Waals surface area contributed by atoms with E-state index in [2.05, 4.69) is 37.0 Å². The molecule has 0 aliphatic rings. The Labute approximate surface area is 151 Å². The van der Waals surface area contributed by atoms with E-state index in [1.54, 1.807) is 0 Å². The maximum absolute atomic E-state index is 12.0. The third kappa shape index (κ3) is 4.79. The molecule has 0 atom stereocenters. The largest absolute Gasteiger partial charge is 0.465 e. The number of anilines is 1. The van der Waals surface area contributed by atoms with Crippen LogP contribution in [-0.4, -0.2) is 29.7 Å². The Bertz CT molecular complexity index is 746. The number of thiazole rings is 1. The number of rotatable bonds is 5. The molecule has 0 radical (unpaired) electrons. The van der Waals surface area contributed by atoms with Crippen LogP contribution >= 0.6 is 39.0 Å². The summed E-state index contributed by atoms with van der Waals surface area (Å²) in [7, 11) is 1.31. The average Bonchev–Trinajstić information content (AvgIpc) is 2.97. The summed E-state index contributed by atoms with van der Waals surface area (Å²) in [6.45, 7) is 4.02. The number of hydrogen-bond acceptors (Lipinski definition) is 6. The molecule has 1 heterocycles. The third-order valence-electron chi connectivity index (χ3n) is 2.95. The van der Waals surface area contributed by atoms with Crippen molar-refractivity contribution in [3.05, 3.63) is 38.8 Å². The Morgan fingerprint density at radius 3 is 2.78 bits per heavy atom.